The molecule has 120 valence electrons. The second-order valence-corrected chi connectivity index (χ2v) is 5.96. The molecule has 2 rings (SSSR count). The van der Waals surface area contributed by atoms with Crippen molar-refractivity contribution in [3.05, 3.63) is 58.2 Å². The van der Waals surface area contributed by atoms with Crippen LogP contribution in [-0.4, -0.2) is 22.6 Å². The lowest BCUT2D eigenvalue weighted by atomic mass is 10.2. The minimum Gasteiger partial charge on any atom is -0.267 e. The average molecular weight is 402 g/mol. The summed E-state index contributed by atoms with van der Waals surface area (Å²) < 4.78 is 25.5. The molecule has 5 nitrogen and oxygen atoms in total. The van der Waals surface area contributed by atoms with Crippen LogP contribution in [0.4, 0.5) is 8.78 Å². The maximum absolute atomic E-state index is 12.5. The number of carbonyl (C=O) groups is 2. The number of pyridine rings is 1. The normalized spacial score (nSPS) is 10.4. The Kier molecular flexibility index (Phi) is 6.05. The summed E-state index contributed by atoms with van der Waals surface area (Å²) in [5, 5.41) is -0.116. The highest BCUT2D eigenvalue weighted by Gasteiger charge is 2.17. The third-order valence-electron chi connectivity index (χ3n) is 2.62. The number of alkyl halides is 2. The molecule has 1 aromatic heterocycles. The monoisotopic (exact) mass is 401 g/mol. The van der Waals surface area contributed by atoms with Gasteiger partial charge >= 0.3 is 0 Å². The molecule has 2 amide bonds. The molecule has 0 aliphatic carbocycles. The van der Waals surface area contributed by atoms with Crippen LogP contribution >= 0.6 is 27.7 Å². The van der Waals surface area contributed by atoms with Crippen molar-refractivity contribution >= 4 is 39.5 Å². The Morgan fingerprint density at radius 1 is 1.04 bits per heavy atom. The van der Waals surface area contributed by atoms with E-state index in [9.17, 15) is 18.4 Å². The molecular formula is C14H10BrF2N3O2S. The van der Waals surface area contributed by atoms with Gasteiger partial charge in [-0.2, -0.15) is 8.78 Å². The fourth-order valence-corrected chi connectivity index (χ4v) is 2.68. The van der Waals surface area contributed by atoms with Crippen LogP contribution in [0.15, 0.2) is 52.1 Å². The van der Waals surface area contributed by atoms with Crippen molar-refractivity contribution in [3.63, 3.8) is 0 Å². The lowest BCUT2D eigenvalue weighted by Crippen LogP contribution is -2.42. The van der Waals surface area contributed by atoms with Gasteiger partial charge in [0.25, 0.3) is 17.6 Å². The van der Waals surface area contributed by atoms with Gasteiger partial charge in [0.2, 0.25) is 0 Å². The van der Waals surface area contributed by atoms with Crippen LogP contribution in [0.5, 0.6) is 0 Å². The molecule has 0 spiro atoms. The van der Waals surface area contributed by atoms with Crippen LogP contribution in [0.1, 0.15) is 20.7 Å². The number of hydrazine groups is 1. The third kappa shape index (κ3) is 4.73. The van der Waals surface area contributed by atoms with Gasteiger partial charge in [0.1, 0.15) is 5.03 Å². The zero-order chi connectivity index (χ0) is 16.8. The van der Waals surface area contributed by atoms with Crippen molar-refractivity contribution in [1.82, 2.24) is 15.8 Å². The Labute approximate surface area is 143 Å². The van der Waals surface area contributed by atoms with Gasteiger partial charge in [-0.25, -0.2) is 4.98 Å². The number of nitrogens with zero attached hydrogens (tertiary/aromatic N) is 1. The van der Waals surface area contributed by atoms with Gasteiger partial charge in [0, 0.05) is 10.7 Å². The summed E-state index contributed by atoms with van der Waals surface area (Å²) in [4.78, 5) is 27.7. The Hall–Kier alpha value is -2.00. The molecule has 0 fully saturated rings. The highest BCUT2D eigenvalue weighted by Crippen LogP contribution is 2.26. The number of nitrogens with one attached hydrogen (secondary N) is 2. The molecule has 0 radical (unpaired) electrons. The zero-order valence-electron chi connectivity index (χ0n) is 11.4. The largest absolute Gasteiger partial charge is 0.290 e. The van der Waals surface area contributed by atoms with Crippen molar-refractivity contribution in [2.75, 3.05) is 0 Å². The second-order valence-electron chi connectivity index (χ2n) is 4.12. The van der Waals surface area contributed by atoms with Gasteiger partial charge in [-0.05, 0) is 52.0 Å². The molecule has 2 N–H and O–H groups in total. The van der Waals surface area contributed by atoms with Gasteiger partial charge in [0.05, 0.1) is 11.1 Å². The van der Waals surface area contributed by atoms with Crippen LogP contribution in [0.25, 0.3) is 0 Å². The molecule has 0 unspecified atom stereocenters. The first-order chi connectivity index (χ1) is 11.0. The minimum atomic E-state index is -2.70. The minimum absolute atomic E-state index is 0.0507. The molecular weight excluding hydrogens is 392 g/mol. The first-order valence-corrected chi connectivity index (χ1v) is 7.91. The number of halogens is 3. The quantitative estimate of drug-likeness (QED) is 0.609. The molecule has 0 aliphatic rings. The van der Waals surface area contributed by atoms with Crippen molar-refractivity contribution in [2.24, 2.45) is 0 Å². The predicted octanol–water partition coefficient (Wildman–Crippen LogP) is 3.23. The number of hydrogen-bond acceptors (Lipinski definition) is 4. The van der Waals surface area contributed by atoms with E-state index in [2.05, 4.69) is 31.8 Å². The summed E-state index contributed by atoms with van der Waals surface area (Å²) in [6, 6.07) is 9.43. The first kappa shape index (κ1) is 17.4. The Morgan fingerprint density at radius 2 is 1.65 bits per heavy atom. The average Bonchev–Trinajstić information content (AvgIpc) is 2.52. The molecule has 2 aromatic rings. The van der Waals surface area contributed by atoms with Crippen molar-refractivity contribution < 1.29 is 18.4 Å². The number of carbonyl (C=O) groups excluding carboxylic acids is 2. The van der Waals surface area contributed by atoms with E-state index in [-0.39, 0.29) is 22.4 Å². The molecule has 0 bridgehead atoms. The smallest absolute Gasteiger partial charge is 0.267 e. The van der Waals surface area contributed by atoms with Crippen molar-refractivity contribution in [1.29, 1.82) is 0 Å². The first-order valence-electron chi connectivity index (χ1n) is 6.24. The molecule has 0 atom stereocenters. The number of amides is 2. The van der Waals surface area contributed by atoms with E-state index in [0.717, 1.165) is 0 Å². The molecule has 1 heterocycles. The highest BCUT2D eigenvalue weighted by molar-refractivity contribution is 9.10. The molecule has 1 aromatic carbocycles. The van der Waals surface area contributed by atoms with E-state index in [0.29, 0.717) is 10.0 Å². The number of benzene rings is 1. The molecule has 0 saturated carbocycles. The SMILES string of the molecule is O=C(NNC(=O)c1cccnc1SC(F)F)c1ccccc1Br. The molecule has 23 heavy (non-hydrogen) atoms. The van der Waals surface area contributed by atoms with Crippen molar-refractivity contribution in [2.45, 2.75) is 10.8 Å². The summed E-state index contributed by atoms with van der Waals surface area (Å²) in [6.07, 6.45) is 1.31. The van der Waals surface area contributed by atoms with Gasteiger partial charge in [0.15, 0.2) is 0 Å². The fourth-order valence-electron chi connectivity index (χ4n) is 1.64. The number of aromatic nitrogens is 1. The van der Waals surface area contributed by atoms with E-state index < -0.39 is 17.6 Å². The Bertz CT molecular complexity index is 731. The molecule has 0 saturated heterocycles. The summed E-state index contributed by atoms with van der Waals surface area (Å²) in [7, 11) is 0. The highest BCUT2D eigenvalue weighted by atomic mass is 79.9. The number of thioether (sulfide) groups is 1. The Morgan fingerprint density at radius 3 is 2.30 bits per heavy atom. The van der Waals surface area contributed by atoms with Crippen LogP contribution in [-0.2, 0) is 0 Å². The van der Waals surface area contributed by atoms with E-state index in [1.807, 2.05) is 0 Å². The summed E-state index contributed by atoms with van der Waals surface area (Å²) in [6.45, 7) is 0. The zero-order valence-corrected chi connectivity index (χ0v) is 13.8. The fraction of sp³-hybridized carbons (Fsp3) is 0.0714. The van der Waals surface area contributed by atoms with Crippen LogP contribution in [0.3, 0.4) is 0 Å². The van der Waals surface area contributed by atoms with E-state index in [1.165, 1.54) is 18.3 Å². The molecule has 0 aliphatic heterocycles. The Balaban J connectivity index is 2.06. The van der Waals surface area contributed by atoms with Crippen molar-refractivity contribution in [3.8, 4) is 0 Å². The number of hydrogen-bond donors (Lipinski definition) is 2. The third-order valence-corrected chi connectivity index (χ3v) is 4.04. The van der Waals surface area contributed by atoms with Gasteiger partial charge in [-0.3, -0.25) is 20.4 Å². The second kappa shape index (κ2) is 8.02. The standard InChI is InChI=1S/C14H10BrF2N3O2S/c15-10-6-2-1-4-8(10)11(21)19-20-12(22)9-5-3-7-18-13(9)23-14(16)17/h1-7,14H,(H,19,21)(H,20,22). The molecule has 9 heteroatoms. The van der Waals surface area contributed by atoms with Crippen LogP contribution in [0, 0.1) is 0 Å². The number of rotatable bonds is 4. The van der Waals surface area contributed by atoms with Gasteiger partial charge in [-0.15, -0.1) is 0 Å². The predicted molar refractivity (Wildman–Crippen MR) is 85.2 cm³/mol. The van der Waals surface area contributed by atoms with Crippen LogP contribution < -0.4 is 10.9 Å². The maximum atomic E-state index is 12.5. The lowest BCUT2D eigenvalue weighted by Gasteiger charge is -2.10. The summed E-state index contributed by atoms with van der Waals surface area (Å²) in [5.41, 5.74) is 4.68. The topological polar surface area (TPSA) is 71.1 Å². The van der Waals surface area contributed by atoms with Gasteiger partial charge < -0.3 is 0 Å². The summed E-state index contributed by atoms with van der Waals surface area (Å²) >= 11 is 3.38. The van der Waals surface area contributed by atoms with E-state index >= 15 is 0 Å². The van der Waals surface area contributed by atoms with E-state index in [4.69, 9.17) is 0 Å². The van der Waals surface area contributed by atoms with Gasteiger partial charge in [-0.1, -0.05) is 12.1 Å². The summed E-state index contributed by atoms with van der Waals surface area (Å²) in [5.74, 6) is -3.98. The lowest BCUT2D eigenvalue weighted by molar-refractivity contribution is 0.0844. The maximum Gasteiger partial charge on any atom is 0.290 e. The van der Waals surface area contributed by atoms with E-state index in [1.54, 1.807) is 24.3 Å². The van der Waals surface area contributed by atoms with Crippen LogP contribution in [0.2, 0.25) is 0 Å².